The van der Waals surface area contributed by atoms with Gasteiger partial charge in [-0.2, -0.15) is 4.98 Å². The number of anilines is 2. The number of aliphatic hydroxyl groups is 1. The SMILES string of the molecule is CN(CCO)c1nc(/C=C/c2ccccc2)c([N+](=O)[O-])c(NCc2ccco2)n1. The van der Waals surface area contributed by atoms with Crippen LogP contribution in [-0.4, -0.2) is 40.2 Å². The topological polar surface area (TPSA) is 118 Å². The van der Waals surface area contributed by atoms with Gasteiger partial charge in [0.15, 0.2) is 0 Å². The largest absolute Gasteiger partial charge is 0.467 e. The quantitative estimate of drug-likeness (QED) is 0.419. The van der Waals surface area contributed by atoms with Gasteiger partial charge in [-0.3, -0.25) is 10.1 Å². The molecule has 0 aliphatic rings. The number of nitro groups is 1. The van der Waals surface area contributed by atoms with Crippen molar-refractivity contribution in [1.29, 1.82) is 0 Å². The first kappa shape index (κ1) is 20.0. The highest BCUT2D eigenvalue weighted by Gasteiger charge is 2.24. The number of nitrogens with zero attached hydrogens (tertiary/aromatic N) is 4. The summed E-state index contributed by atoms with van der Waals surface area (Å²) in [5.74, 6) is 0.956. The number of aromatic nitrogens is 2. The van der Waals surface area contributed by atoms with Gasteiger partial charge in [-0.05, 0) is 23.8 Å². The molecular weight excluding hydrogens is 374 g/mol. The van der Waals surface area contributed by atoms with Crippen LogP contribution < -0.4 is 10.2 Å². The molecule has 9 nitrogen and oxygen atoms in total. The van der Waals surface area contributed by atoms with Gasteiger partial charge in [-0.15, -0.1) is 0 Å². The van der Waals surface area contributed by atoms with Crippen LogP contribution in [0.4, 0.5) is 17.5 Å². The van der Waals surface area contributed by atoms with E-state index in [0.29, 0.717) is 5.76 Å². The maximum Gasteiger partial charge on any atom is 0.336 e. The average Bonchev–Trinajstić information content (AvgIpc) is 3.24. The summed E-state index contributed by atoms with van der Waals surface area (Å²) in [6, 6.07) is 12.9. The molecule has 0 fully saturated rings. The molecule has 9 heteroatoms. The molecule has 2 aromatic heterocycles. The van der Waals surface area contributed by atoms with Crippen molar-refractivity contribution in [2.75, 3.05) is 30.4 Å². The summed E-state index contributed by atoms with van der Waals surface area (Å²) in [5.41, 5.74) is 0.816. The second-order valence-corrected chi connectivity index (χ2v) is 6.19. The predicted octanol–water partition coefficient (Wildman–Crippen LogP) is 3.19. The standard InChI is InChI=1S/C20H21N5O4/c1-24(11-12-26)20-22-17(10-9-15-6-3-2-4-7-15)18(25(27)28)19(23-20)21-14-16-8-5-13-29-16/h2-10,13,26H,11-12,14H2,1H3,(H,21,22,23)/b10-9+. The Labute approximate surface area is 167 Å². The molecule has 0 radical (unpaired) electrons. The number of hydrogen-bond donors (Lipinski definition) is 2. The van der Waals surface area contributed by atoms with Crippen LogP contribution >= 0.6 is 0 Å². The van der Waals surface area contributed by atoms with E-state index >= 15 is 0 Å². The fraction of sp³-hybridized carbons (Fsp3) is 0.200. The molecule has 0 saturated carbocycles. The Morgan fingerprint density at radius 3 is 2.66 bits per heavy atom. The Kier molecular flexibility index (Phi) is 6.54. The molecular formula is C20H21N5O4. The summed E-state index contributed by atoms with van der Waals surface area (Å²) < 4.78 is 5.27. The summed E-state index contributed by atoms with van der Waals surface area (Å²) in [5, 5.41) is 24.0. The summed E-state index contributed by atoms with van der Waals surface area (Å²) in [6.45, 7) is 0.425. The fourth-order valence-corrected chi connectivity index (χ4v) is 2.62. The van der Waals surface area contributed by atoms with E-state index in [1.807, 2.05) is 30.3 Å². The predicted molar refractivity (Wildman–Crippen MR) is 110 cm³/mol. The van der Waals surface area contributed by atoms with Gasteiger partial charge in [0.25, 0.3) is 0 Å². The molecule has 3 rings (SSSR count). The van der Waals surface area contributed by atoms with Crippen molar-refractivity contribution in [3.63, 3.8) is 0 Å². The number of hydrogen-bond acceptors (Lipinski definition) is 8. The molecule has 1 aromatic carbocycles. The van der Waals surface area contributed by atoms with E-state index in [0.717, 1.165) is 5.56 Å². The minimum Gasteiger partial charge on any atom is -0.467 e. The zero-order chi connectivity index (χ0) is 20.6. The number of benzene rings is 1. The number of nitrogens with one attached hydrogen (secondary N) is 1. The van der Waals surface area contributed by atoms with Crippen molar-refractivity contribution >= 4 is 29.6 Å². The van der Waals surface area contributed by atoms with Gasteiger partial charge in [0.1, 0.15) is 11.5 Å². The average molecular weight is 395 g/mol. The minimum absolute atomic E-state index is 0.0777. The maximum atomic E-state index is 11.8. The van der Waals surface area contributed by atoms with Gasteiger partial charge in [0, 0.05) is 13.6 Å². The molecule has 29 heavy (non-hydrogen) atoms. The highest BCUT2D eigenvalue weighted by molar-refractivity contribution is 5.77. The number of rotatable bonds is 9. The smallest absolute Gasteiger partial charge is 0.336 e. The molecule has 0 atom stereocenters. The molecule has 0 aliphatic carbocycles. The van der Waals surface area contributed by atoms with E-state index < -0.39 is 4.92 Å². The molecule has 0 unspecified atom stereocenters. The number of furan rings is 1. The van der Waals surface area contributed by atoms with Crippen molar-refractivity contribution in [2.24, 2.45) is 0 Å². The summed E-state index contributed by atoms with van der Waals surface area (Å²) in [4.78, 5) is 21.6. The van der Waals surface area contributed by atoms with Gasteiger partial charge in [-0.25, -0.2) is 4.98 Å². The highest BCUT2D eigenvalue weighted by atomic mass is 16.6. The maximum absolute atomic E-state index is 11.8. The molecule has 0 saturated heterocycles. The van der Waals surface area contributed by atoms with E-state index in [1.54, 1.807) is 36.2 Å². The monoisotopic (exact) mass is 395 g/mol. The number of likely N-dealkylation sites (N-methyl/N-ethyl adjacent to an activating group) is 1. The minimum atomic E-state index is -0.509. The normalized spacial score (nSPS) is 11.0. The third-order valence-corrected chi connectivity index (χ3v) is 4.10. The molecule has 2 N–H and O–H groups in total. The van der Waals surface area contributed by atoms with Crippen molar-refractivity contribution in [3.8, 4) is 0 Å². The van der Waals surface area contributed by atoms with Crippen LogP contribution in [0.15, 0.2) is 53.1 Å². The van der Waals surface area contributed by atoms with E-state index in [9.17, 15) is 15.2 Å². The third kappa shape index (κ3) is 5.17. The fourth-order valence-electron chi connectivity index (χ4n) is 2.62. The lowest BCUT2D eigenvalue weighted by atomic mass is 10.2. The van der Waals surface area contributed by atoms with Gasteiger partial charge in [-0.1, -0.05) is 36.4 Å². The number of aliphatic hydroxyl groups excluding tert-OH is 1. The Bertz CT molecular complexity index is 974. The second kappa shape index (κ2) is 9.47. The Balaban J connectivity index is 2.02. The first-order valence-corrected chi connectivity index (χ1v) is 8.96. The van der Waals surface area contributed by atoms with Gasteiger partial charge < -0.3 is 19.7 Å². The van der Waals surface area contributed by atoms with Crippen LogP contribution in [0.5, 0.6) is 0 Å². The molecule has 150 valence electrons. The van der Waals surface area contributed by atoms with Crippen molar-refractivity contribution < 1.29 is 14.4 Å². The van der Waals surface area contributed by atoms with Gasteiger partial charge >= 0.3 is 5.69 Å². The Morgan fingerprint density at radius 1 is 1.21 bits per heavy atom. The second-order valence-electron chi connectivity index (χ2n) is 6.19. The summed E-state index contributed by atoms with van der Waals surface area (Å²) in [7, 11) is 1.71. The van der Waals surface area contributed by atoms with Crippen LogP contribution in [-0.2, 0) is 6.54 Å². The Hall–Kier alpha value is -3.72. The lowest BCUT2D eigenvalue weighted by Gasteiger charge is -2.17. The Morgan fingerprint density at radius 2 is 2.00 bits per heavy atom. The zero-order valence-corrected chi connectivity index (χ0v) is 15.9. The van der Waals surface area contributed by atoms with Crippen LogP contribution in [0.25, 0.3) is 12.2 Å². The van der Waals surface area contributed by atoms with E-state index in [4.69, 9.17) is 4.42 Å². The molecule has 3 aromatic rings. The van der Waals surface area contributed by atoms with Crippen LogP contribution in [0.1, 0.15) is 17.0 Å². The molecule has 0 amide bonds. The van der Waals surface area contributed by atoms with Gasteiger partial charge in [0.05, 0.1) is 24.3 Å². The molecule has 2 heterocycles. The molecule has 0 spiro atoms. The highest BCUT2D eigenvalue weighted by Crippen LogP contribution is 2.30. The lowest BCUT2D eigenvalue weighted by molar-refractivity contribution is -0.384. The molecule has 0 bridgehead atoms. The van der Waals surface area contributed by atoms with E-state index in [-0.39, 0.29) is 42.8 Å². The van der Waals surface area contributed by atoms with E-state index in [2.05, 4.69) is 15.3 Å². The zero-order valence-electron chi connectivity index (χ0n) is 15.9. The summed E-state index contributed by atoms with van der Waals surface area (Å²) >= 11 is 0. The van der Waals surface area contributed by atoms with E-state index in [1.165, 1.54) is 6.26 Å². The third-order valence-electron chi connectivity index (χ3n) is 4.10. The first-order chi connectivity index (χ1) is 14.1. The van der Waals surface area contributed by atoms with Crippen molar-refractivity contribution in [3.05, 3.63) is 75.9 Å². The summed E-state index contributed by atoms with van der Waals surface area (Å²) in [6.07, 6.45) is 4.87. The lowest BCUT2D eigenvalue weighted by Crippen LogP contribution is -2.24. The molecule has 0 aliphatic heterocycles. The van der Waals surface area contributed by atoms with Crippen LogP contribution in [0, 0.1) is 10.1 Å². The van der Waals surface area contributed by atoms with Crippen molar-refractivity contribution in [2.45, 2.75) is 6.54 Å². The first-order valence-electron chi connectivity index (χ1n) is 8.96. The van der Waals surface area contributed by atoms with Crippen LogP contribution in [0.3, 0.4) is 0 Å². The van der Waals surface area contributed by atoms with Crippen molar-refractivity contribution in [1.82, 2.24) is 9.97 Å². The van der Waals surface area contributed by atoms with Gasteiger partial charge in [0.2, 0.25) is 11.8 Å². The van der Waals surface area contributed by atoms with Crippen LogP contribution in [0.2, 0.25) is 0 Å².